The van der Waals surface area contributed by atoms with Crippen molar-refractivity contribution in [2.75, 3.05) is 7.11 Å². The Morgan fingerprint density at radius 1 is 1.14 bits per heavy atom. The normalized spacial score (nSPS) is 10.6. The average Bonchev–Trinajstić information content (AvgIpc) is 2.52. The Morgan fingerprint density at radius 3 is 2.36 bits per heavy atom. The summed E-state index contributed by atoms with van der Waals surface area (Å²) in [6.45, 7) is 0. The lowest BCUT2D eigenvalue weighted by Crippen LogP contribution is -1.99. The first-order chi connectivity index (χ1) is 10.5. The molecule has 0 heterocycles. The lowest BCUT2D eigenvalue weighted by Gasteiger charge is -2.02. The maximum absolute atomic E-state index is 13.8. The van der Waals surface area contributed by atoms with Crippen LogP contribution in [0.3, 0.4) is 0 Å². The van der Waals surface area contributed by atoms with E-state index in [1.54, 1.807) is 12.1 Å². The Hall–Kier alpha value is -2.95. The van der Waals surface area contributed by atoms with Gasteiger partial charge in [-0.05, 0) is 35.9 Å². The van der Waals surface area contributed by atoms with Gasteiger partial charge in [0.2, 0.25) is 0 Å². The molecule has 0 aromatic heterocycles. The third kappa shape index (κ3) is 3.58. The molecule has 0 aliphatic rings. The Kier molecular flexibility index (Phi) is 4.68. The van der Waals surface area contributed by atoms with Crippen LogP contribution in [-0.4, -0.2) is 24.0 Å². The second kappa shape index (κ2) is 6.67. The number of ketones is 1. The number of halogens is 1. The Balaban J connectivity index is 2.15. The Morgan fingerprint density at radius 2 is 1.82 bits per heavy atom. The molecule has 1 N–H and O–H groups in total. The summed E-state index contributed by atoms with van der Waals surface area (Å²) in [4.78, 5) is 22.7. The summed E-state index contributed by atoms with van der Waals surface area (Å²) >= 11 is 0. The minimum Gasteiger partial charge on any atom is -0.497 e. The van der Waals surface area contributed by atoms with Gasteiger partial charge in [-0.25, -0.2) is 9.18 Å². The van der Waals surface area contributed by atoms with Crippen LogP contribution in [0.2, 0.25) is 0 Å². The highest BCUT2D eigenvalue weighted by Gasteiger charge is 2.10. The lowest BCUT2D eigenvalue weighted by molar-refractivity contribution is 0.0696. The van der Waals surface area contributed by atoms with Crippen LogP contribution in [0.5, 0.6) is 5.75 Å². The van der Waals surface area contributed by atoms with Crippen molar-refractivity contribution in [2.24, 2.45) is 0 Å². The van der Waals surface area contributed by atoms with Gasteiger partial charge in [0.1, 0.15) is 11.6 Å². The van der Waals surface area contributed by atoms with Crippen molar-refractivity contribution >= 4 is 17.8 Å². The van der Waals surface area contributed by atoms with Gasteiger partial charge in [0.25, 0.3) is 0 Å². The van der Waals surface area contributed by atoms with E-state index < -0.39 is 17.6 Å². The zero-order valence-corrected chi connectivity index (χ0v) is 11.7. The van der Waals surface area contributed by atoms with Gasteiger partial charge >= 0.3 is 5.97 Å². The van der Waals surface area contributed by atoms with E-state index in [9.17, 15) is 14.0 Å². The number of aromatic carboxylic acids is 1. The van der Waals surface area contributed by atoms with Crippen LogP contribution in [0.1, 0.15) is 26.3 Å². The number of carboxylic acids is 1. The minimum atomic E-state index is -1.02. The number of ether oxygens (including phenoxy) is 1. The van der Waals surface area contributed by atoms with Crippen LogP contribution in [0.25, 0.3) is 6.08 Å². The van der Waals surface area contributed by atoms with Crippen molar-refractivity contribution in [3.63, 3.8) is 0 Å². The molecule has 2 aromatic rings. The van der Waals surface area contributed by atoms with Crippen LogP contribution in [-0.2, 0) is 0 Å². The fraction of sp³-hybridized carbons (Fsp3) is 0.0588. The minimum absolute atomic E-state index is 0.0563. The second-order valence-electron chi connectivity index (χ2n) is 4.47. The third-order valence-corrected chi connectivity index (χ3v) is 3.03. The number of carbonyl (C=O) groups is 2. The number of carboxylic acid groups (broad SMARTS) is 1. The molecule has 0 amide bonds. The number of methoxy groups -OCH3 is 1. The third-order valence-electron chi connectivity index (χ3n) is 3.03. The van der Waals surface area contributed by atoms with E-state index in [0.717, 1.165) is 6.07 Å². The van der Waals surface area contributed by atoms with Crippen LogP contribution in [0.4, 0.5) is 4.39 Å². The fourth-order valence-electron chi connectivity index (χ4n) is 1.82. The molecule has 4 nitrogen and oxygen atoms in total. The summed E-state index contributed by atoms with van der Waals surface area (Å²) in [5, 5.41) is 8.79. The van der Waals surface area contributed by atoms with E-state index in [1.807, 2.05) is 0 Å². The summed E-state index contributed by atoms with van der Waals surface area (Å²) in [6, 6.07) is 10.00. The molecule has 22 heavy (non-hydrogen) atoms. The molecule has 0 aliphatic carbocycles. The molecule has 2 aromatic carbocycles. The van der Waals surface area contributed by atoms with E-state index in [1.165, 1.54) is 43.5 Å². The van der Waals surface area contributed by atoms with Gasteiger partial charge in [-0.2, -0.15) is 0 Å². The number of benzene rings is 2. The maximum Gasteiger partial charge on any atom is 0.335 e. The van der Waals surface area contributed by atoms with Crippen molar-refractivity contribution in [1.29, 1.82) is 0 Å². The number of carbonyl (C=O) groups excluding carboxylic acids is 1. The van der Waals surface area contributed by atoms with Gasteiger partial charge in [0.05, 0.1) is 18.2 Å². The van der Waals surface area contributed by atoms with Crippen LogP contribution < -0.4 is 4.74 Å². The van der Waals surface area contributed by atoms with Crippen LogP contribution >= 0.6 is 0 Å². The van der Waals surface area contributed by atoms with E-state index in [-0.39, 0.29) is 11.1 Å². The van der Waals surface area contributed by atoms with Crippen LogP contribution in [0.15, 0.2) is 48.5 Å². The summed E-state index contributed by atoms with van der Waals surface area (Å²) in [5.41, 5.74) is 0.746. The van der Waals surface area contributed by atoms with Gasteiger partial charge in [-0.1, -0.05) is 18.2 Å². The van der Waals surface area contributed by atoms with Crippen molar-refractivity contribution in [3.05, 3.63) is 71.0 Å². The average molecular weight is 300 g/mol. The monoisotopic (exact) mass is 300 g/mol. The molecule has 0 fully saturated rings. The smallest absolute Gasteiger partial charge is 0.335 e. The quantitative estimate of drug-likeness (QED) is 0.678. The molecule has 5 heteroatoms. The number of hydrogen-bond donors (Lipinski definition) is 1. The molecular weight excluding hydrogens is 287 g/mol. The zero-order chi connectivity index (χ0) is 16.1. The van der Waals surface area contributed by atoms with E-state index in [4.69, 9.17) is 9.84 Å². The first kappa shape index (κ1) is 15.4. The second-order valence-corrected chi connectivity index (χ2v) is 4.47. The molecular formula is C17H13FO4. The number of rotatable bonds is 5. The zero-order valence-electron chi connectivity index (χ0n) is 11.7. The molecule has 0 atom stereocenters. The highest BCUT2D eigenvalue weighted by atomic mass is 19.1. The first-order valence-corrected chi connectivity index (χ1v) is 6.40. The molecule has 0 aliphatic heterocycles. The van der Waals surface area contributed by atoms with Crippen molar-refractivity contribution in [1.82, 2.24) is 0 Å². The predicted octanol–water partition coefficient (Wildman–Crippen LogP) is 3.43. The summed E-state index contributed by atoms with van der Waals surface area (Å²) in [5.74, 6) is -1.83. The van der Waals surface area contributed by atoms with Crippen molar-refractivity contribution in [3.8, 4) is 5.75 Å². The topological polar surface area (TPSA) is 63.6 Å². The van der Waals surface area contributed by atoms with Crippen LogP contribution in [0, 0.1) is 5.82 Å². The van der Waals surface area contributed by atoms with E-state index in [2.05, 4.69) is 0 Å². The first-order valence-electron chi connectivity index (χ1n) is 6.40. The van der Waals surface area contributed by atoms with Gasteiger partial charge in [0.15, 0.2) is 5.78 Å². The number of allylic oxidation sites excluding steroid dienone is 1. The molecule has 2 rings (SSSR count). The highest BCUT2D eigenvalue weighted by Crippen LogP contribution is 2.17. The standard InChI is InChI=1S/C17H13FO4/c1-22-13-7-8-14(15(18)10-13)16(19)9-4-11-2-5-12(6-3-11)17(20)21/h2-10H,1H3,(H,20,21). The van der Waals surface area contributed by atoms with Gasteiger partial charge in [-0.3, -0.25) is 4.79 Å². The lowest BCUT2D eigenvalue weighted by atomic mass is 10.1. The largest absolute Gasteiger partial charge is 0.497 e. The van der Waals surface area contributed by atoms with E-state index in [0.29, 0.717) is 11.3 Å². The molecule has 0 radical (unpaired) electrons. The van der Waals surface area contributed by atoms with Gasteiger partial charge < -0.3 is 9.84 Å². The van der Waals surface area contributed by atoms with Gasteiger partial charge in [-0.15, -0.1) is 0 Å². The SMILES string of the molecule is COc1ccc(C(=O)C=Cc2ccc(C(=O)O)cc2)c(F)c1. The summed E-state index contributed by atoms with van der Waals surface area (Å²) in [6.07, 6.45) is 2.73. The Labute approximate surface area is 126 Å². The predicted molar refractivity (Wildman–Crippen MR) is 79.7 cm³/mol. The molecule has 0 spiro atoms. The molecule has 0 bridgehead atoms. The molecule has 0 saturated carbocycles. The van der Waals surface area contributed by atoms with E-state index >= 15 is 0 Å². The van der Waals surface area contributed by atoms with Gasteiger partial charge in [0, 0.05) is 6.07 Å². The number of hydrogen-bond acceptors (Lipinski definition) is 3. The molecule has 0 saturated heterocycles. The molecule has 0 unspecified atom stereocenters. The van der Waals surface area contributed by atoms with Crippen molar-refractivity contribution < 1.29 is 23.8 Å². The maximum atomic E-state index is 13.8. The highest BCUT2D eigenvalue weighted by molar-refractivity contribution is 6.07. The van der Waals surface area contributed by atoms with Crippen molar-refractivity contribution in [2.45, 2.75) is 0 Å². The molecule has 112 valence electrons. The fourth-order valence-corrected chi connectivity index (χ4v) is 1.82. The summed E-state index contributed by atoms with van der Waals surface area (Å²) < 4.78 is 18.6. The summed E-state index contributed by atoms with van der Waals surface area (Å²) in [7, 11) is 1.41. The Bertz CT molecular complexity index is 733.